The summed E-state index contributed by atoms with van der Waals surface area (Å²) < 4.78 is 11.0. The van der Waals surface area contributed by atoms with Crippen LogP contribution in [-0.4, -0.2) is 29.9 Å². The molecule has 3 rings (SSSR count). The average Bonchev–Trinajstić information content (AvgIpc) is 2.81. The molecule has 0 amide bonds. The summed E-state index contributed by atoms with van der Waals surface area (Å²) >= 11 is 0. The van der Waals surface area contributed by atoms with E-state index in [1.54, 1.807) is 7.11 Å². The molecule has 0 radical (unpaired) electrons. The van der Waals surface area contributed by atoms with Crippen molar-refractivity contribution in [3.63, 3.8) is 0 Å². The van der Waals surface area contributed by atoms with Gasteiger partial charge in [0.1, 0.15) is 17.1 Å². The van der Waals surface area contributed by atoms with Crippen molar-refractivity contribution in [2.45, 2.75) is 31.3 Å². The Hall–Kier alpha value is -3.31. The molecule has 5 heteroatoms. The van der Waals surface area contributed by atoms with Crippen LogP contribution in [0.25, 0.3) is 0 Å². The van der Waals surface area contributed by atoms with Crippen LogP contribution in [-0.2, 0) is 10.4 Å². The van der Waals surface area contributed by atoms with Gasteiger partial charge < -0.3 is 19.7 Å². The predicted molar refractivity (Wildman–Crippen MR) is 120 cm³/mol. The Bertz CT molecular complexity index is 951. The molecule has 0 fully saturated rings. The normalized spacial score (nSPS) is 12.7. The van der Waals surface area contributed by atoms with E-state index in [1.165, 1.54) is 0 Å². The number of methoxy groups -OCH3 is 1. The van der Waals surface area contributed by atoms with Crippen LogP contribution in [0.5, 0.6) is 11.5 Å². The maximum absolute atomic E-state index is 11.9. The molecule has 0 heterocycles. The quantitative estimate of drug-likeness (QED) is 0.337. The highest BCUT2D eigenvalue weighted by atomic mass is 16.5. The Balaban J connectivity index is 1.76. The maximum atomic E-state index is 11.9. The zero-order chi connectivity index (χ0) is 22.1. The van der Waals surface area contributed by atoms with Gasteiger partial charge in [0.05, 0.1) is 13.7 Å². The summed E-state index contributed by atoms with van der Waals surface area (Å²) in [6.45, 7) is 0.528. The molecule has 1 unspecified atom stereocenters. The molecule has 162 valence electrons. The van der Waals surface area contributed by atoms with E-state index in [-0.39, 0.29) is 6.42 Å². The third-order valence-electron chi connectivity index (χ3n) is 5.28. The van der Waals surface area contributed by atoms with E-state index in [4.69, 9.17) is 14.6 Å². The molecule has 0 saturated carbocycles. The number of carboxylic acid groups (broad SMARTS) is 1. The number of rotatable bonds is 11. The molecule has 3 aromatic rings. The average molecular weight is 421 g/mol. The van der Waals surface area contributed by atoms with Crippen LogP contribution in [0.2, 0.25) is 0 Å². The smallest absolute Gasteiger partial charge is 0.303 e. The number of hydrogen-bond acceptors (Lipinski definition) is 4. The van der Waals surface area contributed by atoms with Gasteiger partial charge in [-0.15, -0.1) is 0 Å². The van der Waals surface area contributed by atoms with Crippen molar-refractivity contribution in [1.29, 1.82) is 0 Å². The van der Waals surface area contributed by atoms with Crippen molar-refractivity contribution in [3.8, 4) is 11.5 Å². The molecule has 3 aromatic carbocycles. The highest BCUT2D eigenvalue weighted by molar-refractivity contribution is 5.66. The van der Waals surface area contributed by atoms with Gasteiger partial charge in [0.2, 0.25) is 0 Å². The van der Waals surface area contributed by atoms with E-state index >= 15 is 0 Å². The Labute approximate surface area is 182 Å². The fourth-order valence-electron chi connectivity index (χ4n) is 3.55. The van der Waals surface area contributed by atoms with Crippen molar-refractivity contribution in [2.24, 2.45) is 0 Å². The lowest BCUT2D eigenvalue weighted by Crippen LogP contribution is -2.28. The zero-order valence-corrected chi connectivity index (χ0v) is 17.7. The van der Waals surface area contributed by atoms with E-state index in [1.807, 2.05) is 78.9 Å². The Morgan fingerprint density at radius 1 is 0.774 bits per heavy atom. The van der Waals surface area contributed by atoms with Gasteiger partial charge in [-0.05, 0) is 60.2 Å². The minimum absolute atomic E-state index is 0.193. The number of benzene rings is 3. The SMILES string of the molecule is COc1ccc(C(O)(c2ccccc2)c2ccc(OCCCCCC(=O)O)cc2)cc1. The molecule has 5 nitrogen and oxygen atoms in total. The van der Waals surface area contributed by atoms with Gasteiger partial charge in [0.25, 0.3) is 0 Å². The highest BCUT2D eigenvalue weighted by Gasteiger charge is 2.33. The van der Waals surface area contributed by atoms with Crippen LogP contribution in [0, 0.1) is 0 Å². The minimum atomic E-state index is -1.32. The summed E-state index contributed by atoms with van der Waals surface area (Å²) in [5, 5.41) is 20.5. The second kappa shape index (κ2) is 10.6. The van der Waals surface area contributed by atoms with Crippen LogP contribution < -0.4 is 9.47 Å². The third-order valence-corrected chi connectivity index (χ3v) is 5.28. The summed E-state index contributed by atoms with van der Waals surface area (Å²) in [5.41, 5.74) is 0.930. The first-order valence-corrected chi connectivity index (χ1v) is 10.4. The fraction of sp³-hybridized carbons (Fsp3) is 0.269. The highest BCUT2D eigenvalue weighted by Crippen LogP contribution is 2.37. The van der Waals surface area contributed by atoms with Gasteiger partial charge in [-0.3, -0.25) is 4.79 Å². The summed E-state index contributed by atoms with van der Waals surface area (Å²) in [5.74, 6) is 0.678. The van der Waals surface area contributed by atoms with Crippen molar-refractivity contribution in [1.82, 2.24) is 0 Å². The summed E-state index contributed by atoms with van der Waals surface area (Å²) in [6.07, 6.45) is 2.46. The van der Waals surface area contributed by atoms with Gasteiger partial charge in [0, 0.05) is 6.42 Å². The van der Waals surface area contributed by atoms with E-state index in [9.17, 15) is 9.90 Å². The van der Waals surface area contributed by atoms with Crippen molar-refractivity contribution in [2.75, 3.05) is 13.7 Å². The molecule has 0 aliphatic heterocycles. The number of carbonyl (C=O) groups is 1. The first-order chi connectivity index (χ1) is 15.0. The number of aliphatic carboxylic acids is 1. The van der Waals surface area contributed by atoms with Crippen molar-refractivity contribution >= 4 is 5.97 Å². The van der Waals surface area contributed by atoms with Crippen molar-refractivity contribution in [3.05, 3.63) is 95.6 Å². The monoisotopic (exact) mass is 420 g/mol. The van der Waals surface area contributed by atoms with Crippen LogP contribution in [0.1, 0.15) is 42.4 Å². The molecule has 31 heavy (non-hydrogen) atoms. The summed E-state index contributed by atoms with van der Waals surface area (Å²) in [4.78, 5) is 10.5. The first kappa shape index (κ1) is 22.4. The number of carboxylic acids is 1. The van der Waals surface area contributed by atoms with Gasteiger partial charge >= 0.3 is 5.97 Å². The lowest BCUT2D eigenvalue weighted by molar-refractivity contribution is -0.137. The van der Waals surface area contributed by atoms with Gasteiger partial charge in [0.15, 0.2) is 0 Å². The lowest BCUT2D eigenvalue weighted by Gasteiger charge is -2.30. The Morgan fingerprint density at radius 3 is 1.87 bits per heavy atom. The zero-order valence-electron chi connectivity index (χ0n) is 17.7. The van der Waals surface area contributed by atoms with Gasteiger partial charge in [-0.25, -0.2) is 0 Å². The molecule has 0 aliphatic rings. The standard InChI is InChI=1S/C26H28O5/c1-30-23-15-11-21(12-16-23)26(29,20-8-4-2-5-9-20)22-13-17-24(18-14-22)31-19-7-3-6-10-25(27)28/h2,4-5,8-9,11-18,29H,3,6-7,10,19H2,1H3,(H,27,28). The Morgan fingerprint density at radius 2 is 1.32 bits per heavy atom. The van der Waals surface area contributed by atoms with Crippen LogP contribution in [0.4, 0.5) is 0 Å². The van der Waals surface area contributed by atoms with E-state index in [0.29, 0.717) is 18.8 Å². The first-order valence-electron chi connectivity index (χ1n) is 10.4. The topological polar surface area (TPSA) is 76.0 Å². The number of hydrogen-bond donors (Lipinski definition) is 2. The van der Waals surface area contributed by atoms with Crippen LogP contribution >= 0.6 is 0 Å². The largest absolute Gasteiger partial charge is 0.497 e. The molecule has 0 aromatic heterocycles. The van der Waals surface area contributed by atoms with Crippen molar-refractivity contribution < 1.29 is 24.5 Å². The number of unbranched alkanes of at least 4 members (excludes halogenated alkanes) is 2. The number of ether oxygens (including phenoxy) is 2. The molecule has 0 saturated heterocycles. The van der Waals surface area contributed by atoms with Crippen LogP contribution in [0.3, 0.4) is 0 Å². The predicted octanol–water partition coefficient (Wildman–Crippen LogP) is 5.00. The third kappa shape index (κ3) is 5.64. The maximum Gasteiger partial charge on any atom is 0.303 e. The van der Waals surface area contributed by atoms with E-state index < -0.39 is 11.6 Å². The molecular formula is C26H28O5. The van der Waals surface area contributed by atoms with Gasteiger partial charge in [-0.1, -0.05) is 54.6 Å². The molecule has 0 spiro atoms. The van der Waals surface area contributed by atoms with Crippen LogP contribution in [0.15, 0.2) is 78.9 Å². The molecule has 2 N–H and O–H groups in total. The van der Waals surface area contributed by atoms with E-state index in [0.717, 1.165) is 35.3 Å². The summed E-state index contributed by atoms with van der Waals surface area (Å²) in [7, 11) is 1.61. The second-order valence-corrected chi connectivity index (χ2v) is 7.38. The lowest BCUT2D eigenvalue weighted by atomic mass is 9.80. The molecular weight excluding hydrogens is 392 g/mol. The summed E-state index contributed by atoms with van der Waals surface area (Å²) in [6, 6.07) is 24.4. The fourth-order valence-corrected chi connectivity index (χ4v) is 3.55. The van der Waals surface area contributed by atoms with E-state index in [2.05, 4.69) is 0 Å². The Kier molecular flexibility index (Phi) is 7.68. The minimum Gasteiger partial charge on any atom is -0.497 e. The molecule has 0 bridgehead atoms. The molecule has 0 aliphatic carbocycles. The second-order valence-electron chi connectivity index (χ2n) is 7.38. The molecule has 1 atom stereocenters. The van der Waals surface area contributed by atoms with Gasteiger partial charge in [-0.2, -0.15) is 0 Å². The number of aliphatic hydroxyl groups is 1.